The first kappa shape index (κ1) is 8.92. The molecule has 0 N–H and O–H groups in total. The second-order valence-corrected chi connectivity index (χ2v) is 3.65. The van der Waals surface area contributed by atoms with E-state index in [2.05, 4.69) is 32.2 Å². The van der Waals surface area contributed by atoms with E-state index >= 15 is 0 Å². The van der Waals surface area contributed by atoms with Crippen molar-refractivity contribution in [2.75, 3.05) is 5.75 Å². The monoisotopic (exact) mass is 168 g/mol. The second kappa shape index (κ2) is 4.01. The van der Waals surface area contributed by atoms with Crippen molar-refractivity contribution in [3.05, 3.63) is 23.8 Å². The second-order valence-electron chi connectivity index (χ2n) is 3.34. The Morgan fingerprint density at radius 1 is 1.82 bits per heavy atom. The SMILES string of the molecule is C=C(C)[C@@H]1CC=C(CS)CC1. The smallest absolute Gasteiger partial charge is 0.0112 e. The molecule has 0 saturated heterocycles. The number of rotatable bonds is 2. The van der Waals surface area contributed by atoms with Crippen molar-refractivity contribution in [3.63, 3.8) is 0 Å². The van der Waals surface area contributed by atoms with Gasteiger partial charge in [-0.25, -0.2) is 0 Å². The predicted molar refractivity (Wildman–Crippen MR) is 54.1 cm³/mol. The van der Waals surface area contributed by atoms with Crippen LogP contribution in [0.5, 0.6) is 0 Å². The van der Waals surface area contributed by atoms with Crippen LogP contribution in [-0.2, 0) is 0 Å². The number of allylic oxidation sites excluding steroid dienone is 2. The molecule has 0 radical (unpaired) electrons. The minimum absolute atomic E-state index is 0.735. The zero-order chi connectivity index (χ0) is 8.27. The highest BCUT2D eigenvalue weighted by Gasteiger charge is 2.13. The fourth-order valence-corrected chi connectivity index (χ4v) is 1.77. The van der Waals surface area contributed by atoms with E-state index in [-0.39, 0.29) is 0 Å². The topological polar surface area (TPSA) is 0 Å². The summed E-state index contributed by atoms with van der Waals surface area (Å²) in [6.07, 6.45) is 6.02. The molecule has 0 fully saturated rings. The fraction of sp³-hybridized carbons (Fsp3) is 0.600. The summed E-state index contributed by atoms with van der Waals surface area (Å²) in [4.78, 5) is 0. The van der Waals surface area contributed by atoms with Crippen LogP contribution in [0.1, 0.15) is 26.2 Å². The first-order chi connectivity index (χ1) is 5.24. The van der Waals surface area contributed by atoms with Gasteiger partial charge in [0.15, 0.2) is 0 Å². The maximum Gasteiger partial charge on any atom is 0.0112 e. The molecule has 0 aromatic carbocycles. The summed E-state index contributed by atoms with van der Waals surface area (Å²) in [6, 6.07) is 0. The van der Waals surface area contributed by atoms with Crippen LogP contribution < -0.4 is 0 Å². The highest BCUT2D eigenvalue weighted by molar-refractivity contribution is 7.80. The molecule has 1 atom stereocenters. The van der Waals surface area contributed by atoms with Crippen LogP contribution in [0.25, 0.3) is 0 Å². The summed E-state index contributed by atoms with van der Waals surface area (Å²) in [6.45, 7) is 6.11. The largest absolute Gasteiger partial charge is 0.175 e. The Morgan fingerprint density at radius 2 is 2.55 bits per heavy atom. The van der Waals surface area contributed by atoms with Crippen LogP contribution in [0.3, 0.4) is 0 Å². The predicted octanol–water partition coefficient (Wildman–Crippen LogP) is 3.22. The molecule has 11 heavy (non-hydrogen) atoms. The highest BCUT2D eigenvalue weighted by atomic mass is 32.1. The maximum atomic E-state index is 4.25. The third-order valence-electron chi connectivity index (χ3n) is 2.40. The van der Waals surface area contributed by atoms with Gasteiger partial charge in [-0.05, 0) is 32.1 Å². The van der Waals surface area contributed by atoms with Gasteiger partial charge in [-0.2, -0.15) is 12.6 Å². The van der Waals surface area contributed by atoms with Gasteiger partial charge in [-0.1, -0.05) is 23.8 Å². The lowest BCUT2D eigenvalue weighted by Gasteiger charge is -2.21. The molecular weight excluding hydrogens is 152 g/mol. The Balaban J connectivity index is 2.47. The van der Waals surface area contributed by atoms with Crippen LogP contribution in [0.2, 0.25) is 0 Å². The highest BCUT2D eigenvalue weighted by Crippen LogP contribution is 2.28. The molecule has 0 nitrogen and oxygen atoms in total. The van der Waals surface area contributed by atoms with Crippen LogP contribution in [0, 0.1) is 5.92 Å². The van der Waals surface area contributed by atoms with E-state index in [1.165, 1.54) is 30.4 Å². The maximum absolute atomic E-state index is 4.25. The summed E-state index contributed by atoms with van der Waals surface area (Å²) in [5.74, 6) is 1.67. The standard InChI is InChI=1S/C10H16S/c1-8(2)10-5-3-9(7-11)4-6-10/h3,10-11H,1,4-7H2,2H3/t10-/m1/s1. The average molecular weight is 168 g/mol. The molecule has 1 heteroatoms. The molecule has 0 unspecified atom stereocenters. The Labute approximate surface area is 74.8 Å². The summed E-state index contributed by atoms with van der Waals surface area (Å²) in [5, 5.41) is 0. The molecule has 1 rings (SSSR count). The van der Waals surface area contributed by atoms with Crippen LogP contribution in [0.4, 0.5) is 0 Å². The first-order valence-electron chi connectivity index (χ1n) is 4.18. The lowest BCUT2D eigenvalue weighted by molar-refractivity contribution is 0.541. The molecule has 0 aliphatic heterocycles. The Bertz CT molecular complexity index is 179. The van der Waals surface area contributed by atoms with Crippen LogP contribution >= 0.6 is 12.6 Å². The van der Waals surface area contributed by atoms with Gasteiger partial charge < -0.3 is 0 Å². The van der Waals surface area contributed by atoms with E-state index in [0.29, 0.717) is 0 Å². The van der Waals surface area contributed by atoms with Gasteiger partial charge in [0, 0.05) is 5.75 Å². The Morgan fingerprint density at radius 3 is 2.91 bits per heavy atom. The van der Waals surface area contributed by atoms with E-state index in [1.807, 2.05) is 0 Å². The number of hydrogen-bond acceptors (Lipinski definition) is 1. The third-order valence-corrected chi connectivity index (χ3v) is 2.81. The first-order valence-corrected chi connectivity index (χ1v) is 4.81. The quantitative estimate of drug-likeness (QED) is 0.475. The minimum atomic E-state index is 0.735. The lowest BCUT2D eigenvalue weighted by Crippen LogP contribution is -2.06. The lowest BCUT2D eigenvalue weighted by atomic mass is 9.86. The molecule has 1 aliphatic carbocycles. The molecular formula is C10H16S. The molecule has 0 amide bonds. The average Bonchev–Trinajstić information content (AvgIpc) is 2.05. The molecule has 0 aromatic rings. The van der Waals surface area contributed by atoms with E-state index in [9.17, 15) is 0 Å². The summed E-state index contributed by atoms with van der Waals surface area (Å²) >= 11 is 4.25. The van der Waals surface area contributed by atoms with Gasteiger partial charge in [-0.3, -0.25) is 0 Å². The number of hydrogen-bond donors (Lipinski definition) is 1. The Kier molecular flexibility index (Phi) is 3.25. The molecule has 0 aromatic heterocycles. The van der Waals surface area contributed by atoms with Gasteiger partial charge in [0.1, 0.15) is 0 Å². The molecule has 0 spiro atoms. The van der Waals surface area contributed by atoms with Gasteiger partial charge in [0.25, 0.3) is 0 Å². The van der Waals surface area contributed by atoms with E-state index in [1.54, 1.807) is 0 Å². The fourth-order valence-electron chi connectivity index (χ4n) is 1.48. The van der Waals surface area contributed by atoms with E-state index in [4.69, 9.17) is 0 Å². The van der Waals surface area contributed by atoms with E-state index < -0.39 is 0 Å². The van der Waals surface area contributed by atoms with Crippen molar-refractivity contribution in [2.45, 2.75) is 26.2 Å². The molecule has 62 valence electrons. The van der Waals surface area contributed by atoms with Crippen LogP contribution in [0.15, 0.2) is 23.8 Å². The van der Waals surface area contributed by atoms with Crippen LogP contribution in [-0.4, -0.2) is 5.75 Å². The summed E-state index contributed by atoms with van der Waals surface area (Å²) in [7, 11) is 0. The van der Waals surface area contributed by atoms with Gasteiger partial charge in [-0.15, -0.1) is 0 Å². The molecule has 1 aliphatic rings. The normalized spacial score (nSPS) is 24.5. The van der Waals surface area contributed by atoms with Gasteiger partial charge in [0.05, 0.1) is 0 Å². The molecule has 0 bridgehead atoms. The summed E-state index contributed by atoms with van der Waals surface area (Å²) in [5.41, 5.74) is 2.84. The van der Waals surface area contributed by atoms with Crippen molar-refractivity contribution in [1.82, 2.24) is 0 Å². The summed E-state index contributed by atoms with van der Waals surface area (Å²) < 4.78 is 0. The minimum Gasteiger partial charge on any atom is -0.175 e. The van der Waals surface area contributed by atoms with Crippen molar-refractivity contribution in [3.8, 4) is 0 Å². The van der Waals surface area contributed by atoms with Gasteiger partial charge in [0.2, 0.25) is 0 Å². The number of thiol groups is 1. The Hall–Kier alpha value is -0.170. The van der Waals surface area contributed by atoms with Crippen molar-refractivity contribution in [1.29, 1.82) is 0 Å². The molecule has 0 saturated carbocycles. The zero-order valence-electron chi connectivity index (χ0n) is 7.14. The third kappa shape index (κ3) is 2.41. The van der Waals surface area contributed by atoms with E-state index in [0.717, 1.165) is 11.7 Å². The van der Waals surface area contributed by atoms with Crippen molar-refractivity contribution in [2.24, 2.45) is 5.92 Å². The van der Waals surface area contributed by atoms with Crippen molar-refractivity contribution < 1.29 is 0 Å². The van der Waals surface area contributed by atoms with Crippen molar-refractivity contribution >= 4 is 12.6 Å². The van der Waals surface area contributed by atoms with Gasteiger partial charge >= 0.3 is 0 Å². The molecule has 0 heterocycles. The zero-order valence-corrected chi connectivity index (χ0v) is 8.03.